The molecule has 0 radical (unpaired) electrons. The molecule has 4 heteroatoms. The molecule has 0 spiro atoms. The molecule has 0 N–H and O–H groups in total. The summed E-state index contributed by atoms with van der Waals surface area (Å²) in [5, 5.41) is 0. The Balaban J connectivity index is 2.94. The second kappa shape index (κ2) is 7.42. The third kappa shape index (κ3) is 4.68. The first kappa shape index (κ1) is 18.9. The van der Waals surface area contributed by atoms with Crippen LogP contribution in [-0.4, -0.2) is 30.1 Å². The Labute approximate surface area is 134 Å². The molecule has 1 aliphatic rings. The van der Waals surface area contributed by atoms with Gasteiger partial charge in [-0.05, 0) is 40.5 Å². The molecule has 1 fully saturated rings. The minimum absolute atomic E-state index is 0.321. The quantitative estimate of drug-likeness (QED) is 0.549. The SMILES string of the molecule is CCOC(=O)[C@@]1(C)OC(C)(C)O[C@@H]1/C=C\C(C)=C\[C@H](C)CC. The van der Waals surface area contributed by atoms with E-state index in [9.17, 15) is 4.79 Å². The summed E-state index contributed by atoms with van der Waals surface area (Å²) in [6, 6.07) is 0. The summed E-state index contributed by atoms with van der Waals surface area (Å²) in [6.45, 7) is 13.8. The number of allylic oxidation sites excluding steroid dienone is 3. The van der Waals surface area contributed by atoms with Crippen LogP contribution in [0.2, 0.25) is 0 Å². The average Bonchev–Trinajstić information content (AvgIpc) is 2.67. The molecule has 1 saturated heterocycles. The number of ether oxygens (including phenoxy) is 3. The van der Waals surface area contributed by atoms with E-state index in [2.05, 4.69) is 19.9 Å². The van der Waals surface area contributed by atoms with Gasteiger partial charge in [-0.15, -0.1) is 0 Å². The summed E-state index contributed by atoms with van der Waals surface area (Å²) in [5.41, 5.74) is 0.0287. The minimum Gasteiger partial charge on any atom is -0.464 e. The van der Waals surface area contributed by atoms with Crippen molar-refractivity contribution in [3.8, 4) is 0 Å². The largest absolute Gasteiger partial charge is 0.464 e. The number of hydrogen-bond donors (Lipinski definition) is 0. The molecule has 1 rings (SSSR count). The topological polar surface area (TPSA) is 44.8 Å². The van der Waals surface area contributed by atoms with Crippen LogP contribution in [0.25, 0.3) is 0 Å². The Morgan fingerprint density at radius 1 is 1.32 bits per heavy atom. The summed E-state index contributed by atoms with van der Waals surface area (Å²) in [5.74, 6) is -0.678. The van der Waals surface area contributed by atoms with Gasteiger partial charge in [-0.3, -0.25) is 0 Å². The van der Waals surface area contributed by atoms with Gasteiger partial charge in [0.2, 0.25) is 0 Å². The third-order valence-electron chi connectivity index (χ3n) is 3.82. The molecule has 1 heterocycles. The zero-order valence-electron chi connectivity index (χ0n) is 14.9. The predicted molar refractivity (Wildman–Crippen MR) is 87.4 cm³/mol. The van der Waals surface area contributed by atoms with Crippen molar-refractivity contribution in [2.45, 2.75) is 72.4 Å². The number of rotatable bonds is 6. The van der Waals surface area contributed by atoms with Gasteiger partial charge in [-0.1, -0.05) is 44.1 Å². The fourth-order valence-corrected chi connectivity index (χ4v) is 2.53. The molecule has 0 aromatic heterocycles. The van der Waals surface area contributed by atoms with Gasteiger partial charge in [0, 0.05) is 0 Å². The normalized spacial score (nSPS) is 29.8. The van der Waals surface area contributed by atoms with E-state index in [0.29, 0.717) is 12.5 Å². The van der Waals surface area contributed by atoms with Crippen LogP contribution in [-0.2, 0) is 19.0 Å². The minimum atomic E-state index is -1.12. The fraction of sp³-hybridized carbons (Fsp3) is 0.722. The van der Waals surface area contributed by atoms with Crippen LogP contribution in [0.3, 0.4) is 0 Å². The van der Waals surface area contributed by atoms with Gasteiger partial charge in [0.25, 0.3) is 0 Å². The van der Waals surface area contributed by atoms with E-state index in [1.54, 1.807) is 27.7 Å². The van der Waals surface area contributed by atoms with Crippen LogP contribution in [0.15, 0.2) is 23.8 Å². The molecule has 0 amide bonds. The molecule has 1 aliphatic heterocycles. The first-order valence-corrected chi connectivity index (χ1v) is 8.06. The Bertz CT molecular complexity index is 450. The molecule has 0 aromatic rings. The van der Waals surface area contributed by atoms with Crippen LogP contribution in [0.4, 0.5) is 0 Å². The molecule has 0 aliphatic carbocycles. The molecule has 126 valence electrons. The molecular weight excluding hydrogens is 280 g/mol. The summed E-state index contributed by atoms with van der Waals surface area (Å²) in [4.78, 5) is 12.3. The van der Waals surface area contributed by atoms with E-state index in [4.69, 9.17) is 14.2 Å². The van der Waals surface area contributed by atoms with E-state index >= 15 is 0 Å². The van der Waals surface area contributed by atoms with Gasteiger partial charge < -0.3 is 14.2 Å². The molecular formula is C18H30O4. The van der Waals surface area contributed by atoms with Crippen molar-refractivity contribution in [1.82, 2.24) is 0 Å². The lowest BCUT2D eigenvalue weighted by molar-refractivity contribution is -0.186. The van der Waals surface area contributed by atoms with E-state index in [1.165, 1.54) is 0 Å². The number of carbonyl (C=O) groups is 1. The molecule has 0 saturated carbocycles. The zero-order valence-corrected chi connectivity index (χ0v) is 14.9. The van der Waals surface area contributed by atoms with E-state index < -0.39 is 23.5 Å². The lowest BCUT2D eigenvalue weighted by atomic mass is 9.98. The molecule has 0 bridgehead atoms. The Kier molecular flexibility index (Phi) is 6.38. The van der Waals surface area contributed by atoms with Crippen molar-refractivity contribution < 1.29 is 19.0 Å². The second-order valence-electron chi connectivity index (χ2n) is 6.52. The highest BCUT2D eigenvalue weighted by Gasteiger charge is 2.55. The van der Waals surface area contributed by atoms with Gasteiger partial charge in [0.1, 0.15) is 6.10 Å². The summed E-state index contributed by atoms with van der Waals surface area (Å²) < 4.78 is 16.9. The molecule has 3 atom stereocenters. The maximum atomic E-state index is 12.3. The highest BCUT2D eigenvalue weighted by atomic mass is 16.8. The van der Waals surface area contributed by atoms with Crippen LogP contribution in [0.1, 0.15) is 54.9 Å². The van der Waals surface area contributed by atoms with Crippen molar-refractivity contribution >= 4 is 5.97 Å². The Morgan fingerprint density at radius 2 is 1.95 bits per heavy atom. The lowest BCUT2D eigenvalue weighted by Crippen LogP contribution is -2.45. The van der Waals surface area contributed by atoms with Crippen LogP contribution >= 0.6 is 0 Å². The average molecular weight is 310 g/mol. The van der Waals surface area contributed by atoms with E-state index in [-0.39, 0.29) is 0 Å². The monoisotopic (exact) mass is 310 g/mol. The first-order valence-electron chi connectivity index (χ1n) is 8.06. The van der Waals surface area contributed by atoms with Crippen LogP contribution in [0, 0.1) is 5.92 Å². The standard InChI is InChI=1S/C18H30O4/c1-8-13(3)12-14(4)10-11-15-18(7,16(19)20-9-2)22-17(5,6)21-15/h10-13,15H,8-9H2,1-7H3/b11-10-,14-12+/t13-,15-,18+/m1/s1. The summed E-state index contributed by atoms with van der Waals surface area (Å²) in [6.07, 6.45) is 6.71. The number of hydrogen-bond acceptors (Lipinski definition) is 4. The van der Waals surface area contributed by atoms with Gasteiger partial charge in [-0.2, -0.15) is 0 Å². The molecule has 0 unspecified atom stereocenters. The van der Waals surface area contributed by atoms with E-state index in [0.717, 1.165) is 12.0 Å². The number of carbonyl (C=O) groups excluding carboxylic acids is 1. The third-order valence-corrected chi connectivity index (χ3v) is 3.82. The summed E-state index contributed by atoms with van der Waals surface area (Å²) >= 11 is 0. The fourth-order valence-electron chi connectivity index (χ4n) is 2.53. The van der Waals surface area contributed by atoms with Crippen LogP contribution in [0.5, 0.6) is 0 Å². The number of esters is 1. The second-order valence-corrected chi connectivity index (χ2v) is 6.52. The van der Waals surface area contributed by atoms with Gasteiger partial charge in [0.05, 0.1) is 6.61 Å². The van der Waals surface area contributed by atoms with Gasteiger partial charge in [0.15, 0.2) is 11.4 Å². The zero-order chi connectivity index (χ0) is 17.0. The van der Waals surface area contributed by atoms with Crippen molar-refractivity contribution in [3.63, 3.8) is 0 Å². The van der Waals surface area contributed by atoms with Crippen LogP contribution < -0.4 is 0 Å². The molecule has 4 nitrogen and oxygen atoms in total. The smallest absolute Gasteiger partial charge is 0.341 e. The molecule has 22 heavy (non-hydrogen) atoms. The van der Waals surface area contributed by atoms with Crippen molar-refractivity contribution in [2.75, 3.05) is 6.61 Å². The molecule has 0 aromatic carbocycles. The highest BCUT2D eigenvalue weighted by Crippen LogP contribution is 2.38. The van der Waals surface area contributed by atoms with Gasteiger partial charge >= 0.3 is 5.97 Å². The Morgan fingerprint density at radius 3 is 2.50 bits per heavy atom. The lowest BCUT2D eigenvalue weighted by Gasteiger charge is -2.25. The van der Waals surface area contributed by atoms with Crippen molar-refractivity contribution in [1.29, 1.82) is 0 Å². The summed E-state index contributed by atoms with van der Waals surface area (Å²) in [7, 11) is 0. The maximum absolute atomic E-state index is 12.3. The van der Waals surface area contributed by atoms with E-state index in [1.807, 2.05) is 19.1 Å². The maximum Gasteiger partial charge on any atom is 0.341 e. The van der Waals surface area contributed by atoms with Crippen molar-refractivity contribution in [2.24, 2.45) is 5.92 Å². The Hall–Kier alpha value is -1.13. The van der Waals surface area contributed by atoms with Gasteiger partial charge in [-0.25, -0.2) is 4.79 Å². The highest BCUT2D eigenvalue weighted by molar-refractivity contribution is 5.81. The van der Waals surface area contributed by atoms with Crippen molar-refractivity contribution in [3.05, 3.63) is 23.8 Å². The first-order chi connectivity index (χ1) is 10.1. The predicted octanol–water partition coefficient (Wildman–Crippen LogP) is 4.01.